The average Bonchev–Trinajstić information content (AvgIpc) is 2.59. The number of benzene rings is 2. The van der Waals surface area contributed by atoms with Gasteiger partial charge in [-0.2, -0.15) is 0 Å². The first-order valence-corrected chi connectivity index (χ1v) is 8.23. The number of carbonyl (C=O) groups excluding carboxylic acids is 2. The van der Waals surface area contributed by atoms with E-state index in [2.05, 4.69) is 11.4 Å². The maximum absolute atomic E-state index is 12.2. The first-order chi connectivity index (χ1) is 12.0. The Bertz CT molecular complexity index is 784. The molecule has 0 aromatic heterocycles. The van der Waals surface area contributed by atoms with E-state index in [9.17, 15) is 9.59 Å². The maximum atomic E-state index is 12.2. The molecule has 1 unspecified atom stereocenters. The van der Waals surface area contributed by atoms with Gasteiger partial charge >= 0.3 is 5.97 Å². The third-order valence-corrected chi connectivity index (χ3v) is 4.25. The first kappa shape index (κ1) is 16.8. The molecule has 6 heteroatoms. The van der Waals surface area contributed by atoms with Crippen LogP contribution in [0.25, 0.3) is 0 Å². The Morgan fingerprint density at radius 2 is 1.84 bits per heavy atom. The van der Waals surface area contributed by atoms with Crippen LogP contribution in [0.3, 0.4) is 0 Å². The van der Waals surface area contributed by atoms with Gasteiger partial charge in [-0.15, -0.1) is 0 Å². The van der Waals surface area contributed by atoms with Crippen LogP contribution in [0.1, 0.15) is 40.4 Å². The van der Waals surface area contributed by atoms with E-state index in [0.29, 0.717) is 11.4 Å². The lowest BCUT2D eigenvalue weighted by Gasteiger charge is -2.26. The molecule has 1 aliphatic carbocycles. The largest absolute Gasteiger partial charge is 0.452 e. The third kappa shape index (κ3) is 4.09. The standard InChI is InChI=1S/C19H21N3O3/c20-14-8-13(9-15(21)10-14)19(24)25-11-18(23)22-17-7-3-5-12-4-1-2-6-16(12)17/h1-2,4,6,8-10,17H,3,5,7,11,20-21H2,(H,22,23). The van der Waals surface area contributed by atoms with E-state index >= 15 is 0 Å². The Hall–Kier alpha value is -3.02. The van der Waals surface area contributed by atoms with Crippen molar-refractivity contribution in [1.29, 1.82) is 0 Å². The number of hydrogen-bond donors (Lipinski definition) is 3. The van der Waals surface area contributed by atoms with Gasteiger partial charge in [0.25, 0.3) is 5.91 Å². The second-order valence-corrected chi connectivity index (χ2v) is 6.18. The van der Waals surface area contributed by atoms with Crippen LogP contribution in [0.4, 0.5) is 11.4 Å². The number of amides is 1. The average molecular weight is 339 g/mol. The molecule has 0 heterocycles. The van der Waals surface area contributed by atoms with Crippen LogP contribution in [0, 0.1) is 0 Å². The Morgan fingerprint density at radius 1 is 1.12 bits per heavy atom. The maximum Gasteiger partial charge on any atom is 0.338 e. The van der Waals surface area contributed by atoms with Crippen molar-refractivity contribution in [3.8, 4) is 0 Å². The van der Waals surface area contributed by atoms with Gasteiger partial charge in [0.1, 0.15) is 0 Å². The molecule has 130 valence electrons. The third-order valence-electron chi connectivity index (χ3n) is 4.25. The molecule has 0 radical (unpaired) electrons. The molecule has 25 heavy (non-hydrogen) atoms. The molecule has 0 fully saturated rings. The lowest BCUT2D eigenvalue weighted by molar-refractivity contribution is -0.125. The number of aryl methyl sites for hydroxylation is 1. The van der Waals surface area contributed by atoms with Crippen LogP contribution in [0.5, 0.6) is 0 Å². The summed E-state index contributed by atoms with van der Waals surface area (Å²) in [5.41, 5.74) is 14.7. The van der Waals surface area contributed by atoms with E-state index in [-0.39, 0.29) is 24.1 Å². The minimum Gasteiger partial charge on any atom is -0.452 e. The van der Waals surface area contributed by atoms with Gasteiger partial charge in [-0.1, -0.05) is 24.3 Å². The van der Waals surface area contributed by atoms with Gasteiger partial charge in [0, 0.05) is 11.4 Å². The summed E-state index contributed by atoms with van der Waals surface area (Å²) in [5, 5.41) is 2.94. The number of hydrogen-bond acceptors (Lipinski definition) is 5. The lowest BCUT2D eigenvalue weighted by atomic mass is 9.88. The Balaban J connectivity index is 1.58. The molecular formula is C19H21N3O3. The normalized spacial score (nSPS) is 15.9. The number of ether oxygens (including phenoxy) is 1. The summed E-state index contributed by atoms with van der Waals surface area (Å²) in [4.78, 5) is 24.2. The topological polar surface area (TPSA) is 107 Å². The summed E-state index contributed by atoms with van der Waals surface area (Å²) >= 11 is 0. The molecule has 1 amide bonds. The summed E-state index contributed by atoms with van der Waals surface area (Å²) in [6.45, 7) is -0.341. The number of esters is 1. The second kappa shape index (κ2) is 7.25. The summed E-state index contributed by atoms with van der Waals surface area (Å²) in [6, 6.07) is 12.5. The van der Waals surface area contributed by atoms with E-state index in [1.165, 1.54) is 17.7 Å². The van der Waals surface area contributed by atoms with Gasteiger partial charge in [-0.25, -0.2) is 4.79 Å². The Labute approximate surface area is 146 Å². The predicted octanol–water partition coefficient (Wildman–Crippen LogP) is 2.20. The summed E-state index contributed by atoms with van der Waals surface area (Å²) in [5.74, 6) is -0.954. The van der Waals surface area contributed by atoms with Crippen LogP contribution in [0.15, 0.2) is 42.5 Å². The Kier molecular flexibility index (Phi) is 4.88. The zero-order chi connectivity index (χ0) is 17.8. The molecule has 5 N–H and O–H groups in total. The number of nitrogens with two attached hydrogens (primary N) is 2. The number of nitrogens with one attached hydrogen (secondary N) is 1. The number of rotatable bonds is 4. The van der Waals surface area contributed by atoms with E-state index in [1.807, 2.05) is 18.2 Å². The van der Waals surface area contributed by atoms with Crippen molar-refractivity contribution in [2.75, 3.05) is 18.1 Å². The molecule has 0 bridgehead atoms. The predicted molar refractivity (Wildman–Crippen MR) is 95.8 cm³/mol. The zero-order valence-corrected chi connectivity index (χ0v) is 13.8. The smallest absolute Gasteiger partial charge is 0.338 e. The fourth-order valence-electron chi connectivity index (χ4n) is 3.15. The van der Waals surface area contributed by atoms with Gasteiger partial charge < -0.3 is 21.5 Å². The van der Waals surface area contributed by atoms with Crippen molar-refractivity contribution < 1.29 is 14.3 Å². The van der Waals surface area contributed by atoms with E-state index in [4.69, 9.17) is 16.2 Å². The van der Waals surface area contributed by atoms with Crippen molar-refractivity contribution in [1.82, 2.24) is 5.32 Å². The van der Waals surface area contributed by atoms with Crippen LogP contribution < -0.4 is 16.8 Å². The zero-order valence-electron chi connectivity index (χ0n) is 13.8. The van der Waals surface area contributed by atoms with Gasteiger partial charge in [0.15, 0.2) is 6.61 Å². The van der Waals surface area contributed by atoms with Gasteiger partial charge in [-0.3, -0.25) is 4.79 Å². The number of fused-ring (bicyclic) bond motifs is 1. The van der Waals surface area contributed by atoms with Crippen molar-refractivity contribution in [2.45, 2.75) is 25.3 Å². The highest BCUT2D eigenvalue weighted by Gasteiger charge is 2.22. The molecule has 0 saturated heterocycles. The number of nitrogen functional groups attached to an aromatic ring is 2. The minimum atomic E-state index is -0.627. The molecule has 0 saturated carbocycles. The number of anilines is 2. The van der Waals surface area contributed by atoms with Gasteiger partial charge in [0.2, 0.25) is 0 Å². The summed E-state index contributed by atoms with van der Waals surface area (Å²) in [7, 11) is 0. The Morgan fingerprint density at radius 3 is 2.60 bits per heavy atom. The minimum absolute atomic E-state index is 0.0424. The van der Waals surface area contributed by atoms with Crippen molar-refractivity contribution in [3.05, 3.63) is 59.2 Å². The van der Waals surface area contributed by atoms with E-state index < -0.39 is 5.97 Å². The van der Waals surface area contributed by atoms with Crippen LogP contribution in [-0.2, 0) is 16.0 Å². The molecule has 2 aromatic carbocycles. The van der Waals surface area contributed by atoms with Crippen LogP contribution in [0.2, 0.25) is 0 Å². The highest BCUT2D eigenvalue weighted by molar-refractivity contribution is 5.93. The van der Waals surface area contributed by atoms with E-state index in [1.54, 1.807) is 6.07 Å². The van der Waals surface area contributed by atoms with Gasteiger partial charge in [-0.05, 0) is 48.6 Å². The van der Waals surface area contributed by atoms with Crippen molar-refractivity contribution in [2.24, 2.45) is 0 Å². The highest BCUT2D eigenvalue weighted by Crippen LogP contribution is 2.29. The fourth-order valence-corrected chi connectivity index (χ4v) is 3.15. The fraction of sp³-hybridized carbons (Fsp3) is 0.263. The molecule has 2 aromatic rings. The summed E-state index contributed by atoms with van der Waals surface area (Å²) in [6.07, 6.45) is 2.92. The molecule has 6 nitrogen and oxygen atoms in total. The molecule has 3 rings (SSSR count). The molecular weight excluding hydrogens is 318 g/mol. The first-order valence-electron chi connectivity index (χ1n) is 8.23. The second-order valence-electron chi connectivity index (χ2n) is 6.18. The van der Waals surface area contributed by atoms with Gasteiger partial charge in [0.05, 0.1) is 11.6 Å². The molecule has 1 atom stereocenters. The van der Waals surface area contributed by atoms with E-state index in [0.717, 1.165) is 24.8 Å². The molecule has 1 aliphatic rings. The highest BCUT2D eigenvalue weighted by atomic mass is 16.5. The van der Waals surface area contributed by atoms with Crippen LogP contribution in [-0.4, -0.2) is 18.5 Å². The SMILES string of the molecule is Nc1cc(N)cc(C(=O)OCC(=O)NC2CCCc3ccccc32)c1. The molecule has 0 spiro atoms. The number of carbonyl (C=O) groups is 2. The summed E-state index contributed by atoms with van der Waals surface area (Å²) < 4.78 is 5.07. The monoisotopic (exact) mass is 339 g/mol. The quantitative estimate of drug-likeness (QED) is 0.585. The molecule has 0 aliphatic heterocycles. The van der Waals surface area contributed by atoms with Crippen LogP contribution >= 0.6 is 0 Å². The van der Waals surface area contributed by atoms with Crippen molar-refractivity contribution >= 4 is 23.3 Å². The van der Waals surface area contributed by atoms with Crippen molar-refractivity contribution in [3.63, 3.8) is 0 Å². The lowest BCUT2D eigenvalue weighted by Crippen LogP contribution is -2.34.